The van der Waals surface area contributed by atoms with Crippen LogP contribution in [0.25, 0.3) is 0 Å². The first-order valence-corrected chi connectivity index (χ1v) is 9.27. The molecular formula is C13H9Br2FN2O2S2. The van der Waals surface area contributed by atoms with E-state index in [-0.39, 0.29) is 11.6 Å². The number of carbonyl (C=O) groups excluding carboxylic acids is 2. The summed E-state index contributed by atoms with van der Waals surface area (Å²) in [7, 11) is 0. The number of thiophene rings is 1. The predicted molar refractivity (Wildman–Crippen MR) is 92.5 cm³/mol. The van der Waals surface area contributed by atoms with Gasteiger partial charge in [-0.3, -0.25) is 20.4 Å². The molecule has 2 amide bonds. The van der Waals surface area contributed by atoms with Gasteiger partial charge in [0, 0.05) is 9.37 Å². The van der Waals surface area contributed by atoms with Crippen LogP contribution in [0.5, 0.6) is 0 Å². The van der Waals surface area contributed by atoms with Gasteiger partial charge in [-0.1, -0.05) is 12.1 Å². The van der Waals surface area contributed by atoms with Crippen molar-refractivity contribution in [1.82, 2.24) is 10.9 Å². The molecule has 0 unspecified atom stereocenters. The summed E-state index contributed by atoms with van der Waals surface area (Å²) < 4.78 is 14.9. The molecule has 2 aromatic rings. The molecule has 0 fully saturated rings. The Hall–Kier alpha value is -0.900. The molecule has 2 N–H and O–H groups in total. The van der Waals surface area contributed by atoms with Gasteiger partial charge in [-0.05, 0) is 50.1 Å². The highest BCUT2D eigenvalue weighted by Crippen LogP contribution is 2.32. The van der Waals surface area contributed by atoms with E-state index in [2.05, 4.69) is 42.7 Å². The first-order valence-electron chi connectivity index (χ1n) is 5.88. The molecule has 0 saturated carbocycles. The Kier molecular flexibility index (Phi) is 6.42. The zero-order chi connectivity index (χ0) is 16.1. The van der Waals surface area contributed by atoms with E-state index < -0.39 is 11.8 Å². The van der Waals surface area contributed by atoms with Crippen molar-refractivity contribution in [3.8, 4) is 0 Å². The minimum absolute atomic E-state index is 0.000950. The lowest BCUT2D eigenvalue weighted by molar-refractivity contribution is -0.119. The SMILES string of the molecule is O=C(CSc1ccccc1F)NNC(=O)c1cc(Br)c(Br)s1. The molecule has 9 heteroatoms. The summed E-state index contributed by atoms with van der Waals surface area (Å²) in [5.41, 5.74) is 4.61. The number of hydrazine groups is 1. The van der Waals surface area contributed by atoms with E-state index in [0.717, 1.165) is 20.0 Å². The lowest BCUT2D eigenvalue weighted by Gasteiger charge is -2.06. The molecule has 116 valence electrons. The minimum Gasteiger partial charge on any atom is -0.272 e. The predicted octanol–water partition coefficient (Wildman–Crippen LogP) is 3.97. The largest absolute Gasteiger partial charge is 0.279 e. The Bertz CT molecular complexity index is 690. The summed E-state index contributed by atoms with van der Waals surface area (Å²) in [5.74, 6) is -1.21. The molecule has 4 nitrogen and oxygen atoms in total. The van der Waals surface area contributed by atoms with E-state index >= 15 is 0 Å². The molecule has 0 aliphatic carbocycles. The van der Waals surface area contributed by atoms with Gasteiger partial charge in [-0.15, -0.1) is 23.1 Å². The van der Waals surface area contributed by atoms with Crippen LogP contribution in [0.15, 0.2) is 43.5 Å². The van der Waals surface area contributed by atoms with E-state index in [1.54, 1.807) is 24.3 Å². The highest BCUT2D eigenvalue weighted by atomic mass is 79.9. The second kappa shape index (κ2) is 8.09. The van der Waals surface area contributed by atoms with Gasteiger partial charge in [0.2, 0.25) is 5.91 Å². The maximum atomic E-state index is 13.4. The average molecular weight is 468 g/mol. The maximum Gasteiger partial charge on any atom is 0.279 e. The summed E-state index contributed by atoms with van der Waals surface area (Å²) in [4.78, 5) is 24.3. The zero-order valence-electron chi connectivity index (χ0n) is 10.9. The van der Waals surface area contributed by atoms with E-state index in [4.69, 9.17) is 0 Å². The summed E-state index contributed by atoms with van der Waals surface area (Å²) in [5, 5.41) is 0. The molecule has 0 atom stereocenters. The number of rotatable bonds is 4. The highest BCUT2D eigenvalue weighted by Gasteiger charge is 2.13. The standard InChI is InChI=1S/C13H9Br2FN2O2S2/c14-7-5-10(22-12(7)15)13(20)18-17-11(19)6-21-9-4-2-1-3-8(9)16/h1-5H,6H2,(H,17,19)(H,18,20). The van der Waals surface area contributed by atoms with Crippen LogP contribution >= 0.6 is 55.0 Å². The van der Waals surface area contributed by atoms with Crippen molar-refractivity contribution in [3.05, 3.63) is 49.3 Å². The summed E-state index contributed by atoms with van der Waals surface area (Å²) in [6, 6.07) is 7.83. The molecule has 1 aromatic carbocycles. The molecule has 0 spiro atoms. The number of carbonyl (C=O) groups is 2. The van der Waals surface area contributed by atoms with Gasteiger partial charge >= 0.3 is 0 Å². The molecule has 0 saturated heterocycles. The first kappa shape index (κ1) is 17.5. The maximum absolute atomic E-state index is 13.4. The summed E-state index contributed by atoms with van der Waals surface area (Å²) >= 11 is 8.86. The normalized spacial score (nSPS) is 10.3. The molecule has 0 bridgehead atoms. The Morgan fingerprint density at radius 2 is 1.95 bits per heavy atom. The van der Waals surface area contributed by atoms with Crippen molar-refractivity contribution >= 4 is 66.8 Å². The molecule has 0 aliphatic rings. The number of amides is 2. The fourth-order valence-corrected chi connectivity index (χ4v) is 4.06. The van der Waals surface area contributed by atoms with Crippen molar-refractivity contribution in [1.29, 1.82) is 0 Å². The van der Waals surface area contributed by atoms with Gasteiger partial charge < -0.3 is 0 Å². The van der Waals surface area contributed by atoms with Gasteiger partial charge in [-0.25, -0.2) is 4.39 Å². The zero-order valence-corrected chi connectivity index (χ0v) is 15.7. The highest BCUT2D eigenvalue weighted by molar-refractivity contribution is 9.13. The third-order valence-corrected chi connectivity index (χ3v) is 6.68. The lowest BCUT2D eigenvalue weighted by atomic mass is 10.3. The molecule has 22 heavy (non-hydrogen) atoms. The lowest BCUT2D eigenvalue weighted by Crippen LogP contribution is -2.42. The fourth-order valence-electron chi connectivity index (χ4n) is 1.39. The van der Waals surface area contributed by atoms with Gasteiger partial charge in [-0.2, -0.15) is 0 Å². The van der Waals surface area contributed by atoms with Crippen molar-refractivity contribution < 1.29 is 14.0 Å². The van der Waals surface area contributed by atoms with Crippen LogP contribution < -0.4 is 10.9 Å². The number of benzene rings is 1. The molecule has 2 rings (SSSR count). The van der Waals surface area contributed by atoms with Crippen LogP contribution in [0.3, 0.4) is 0 Å². The number of hydrogen-bond donors (Lipinski definition) is 2. The second-order valence-electron chi connectivity index (χ2n) is 3.95. The van der Waals surface area contributed by atoms with Gasteiger partial charge in [0.15, 0.2) is 0 Å². The van der Waals surface area contributed by atoms with Crippen LogP contribution in [0.2, 0.25) is 0 Å². The molecule has 0 radical (unpaired) electrons. The van der Waals surface area contributed by atoms with Crippen molar-refractivity contribution in [2.45, 2.75) is 4.90 Å². The minimum atomic E-state index is -0.420. The fraction of sp³-hybridized carbons (Fsp3) is 0.0769. The van der Waals surface area contributed by atoms with Crippen LogP contribution in [0.1, 0.15) is 9.67 Å². The Morgan fingerprint density at radius 1 is 1.23 bits per heavy atom. The third kappa shape index (κ3) is 4.80. The van der Waals surface area contributed by atoms with E-state index in [9.17, 15) is 14.0 Å². The van der Waals surface area contributed by atoms with E-state index in [1.165, 1.54) is 17.4 Å². The van der Waals surface area contributed by atoms with Crippen LogP contribution in [-0.4, -0.2) is 17.6 Å². The average Bonchev–Trinajstić information content (AvgIpc) is 2.83. The number of halogens is 3. The van der Waals surface area contributed by atoms with E-state index in [0.29, 0.717) is 9.77 Å². The summed E-state index contributed by atoms with van der Waals surface area (Å²) in [6.45, 7) is 0. The van der Waals surface area contributed by atoms with Crippen molar-refractivity contribution in [2.24, 2.45) is 0 Å². The quantitative estimate of drug-likeness (QED) is 0.528. The Morgan fingerprint density at radius 3 is 2.59 bits per heavy atom. The van der Waals surface area contributed by atoms with Crippen molar-refractivity contribution in [3.63, 3.8) is 0 Å². The van der Waals surface area contributed by atoms with Crippen LogP contribution in [0, 0.1) is 5.82 Å². The molecular weight excluding hydrogens is 459 g/mol. The number of hydrogen-bond acceptors (Lipinski definition) is 4. The molecule has 1 aromatic heterocycles. The molecule has 0 aliphatic heterocycles. The number of thioether (sulfide) groups is 1. The van der Waals surface area contributed by atoms with Gasteiger partial charge in [0.1, 0.15) is 5.82 Å². The third-order valence-electron chi connectivity index (χ3n) is 2.38. The topological polar surface area (TPSA) is 58.2 Å². The van der Waals surface area contributed by atoms with Crippen molar-refractivity contribution in [2.75, 3.05) is 5.75 Å². The Balaban J connectivity index is 1.80. The second-order valence-corrected chi connectivity index (χ2v) is 8.20. The summed E-state index contributed by atoms with van der Waals surface area (Å²) in [6.07, 6.45) is 0. The van der Waals surface area contributed by atoms with E-state index in [1.807, 2.05) is 0 Å². The number of nitrogens with one attached hydrogen (secondary N) is 2. The molecule has 1 heterocycles. The first-order chi connectivity index (χ1) is 10.5. The van der Waals surface area contributed by atoms with Gasteiger partial charge in [0.25, 0.3) is 5.91 Å². The van der Waals surface area contributed by atoms with Crippen LogP contribution in [0.4, 0.5) is 4.39 Å². The van der Waals surface area contributed by atoms with Crippen LogP contribution in [-0.2, 0) is 4.79 Å². The van der Waals surface area contributed by atoms with Gasteiger partial charge in [0.05, 0.1) is 14.4 Å². The Labute approximate surface area is 151 Å². The smallest absolute Gasteiger partial charge is 0.272 e. The monoisotopic (exact) mass is 466 g/mol.